The standard InChI is InChI=1S/C15H18ClN3/c1-18(10-15-17-9-14(16)19(15)2)13-8-7-11-5-3-4-6-12(11)13/h3-6,9,13H,7-8,10H2,1-2H3. The maximum absolute atomic E-state index is 6.04. The van der Waals surface area contributed by atoms with Gasteiger partial charge in [0, 0.05) is 13.1 Å². The molecule has 0 aliphatic heterocycles. The number of rotatable bonds is 3. The van der Waals surface area contributed by atoms with E-state index in [-0.39, 0.29) is 0 Å². The van der Waals surface area contributed by atoms with E-state index < -0.39 is 0 Å². The van der Waals surface area contributed by atoms with Crippen LogP contribution in [0.25, 0.3) is 0 Å². The molecule has 100 valence electrons. The Morgan fingerprint density at radius 1 is 1.42 bits per heavy atom. The van der Waals surface area contributed by atoms with E-state index >= 15 is 0 Å². The van der Waals surface area contributed by atoms with Crippen LogP contribution in [0.3, 0.4) is 0 Å². The summed E-state index contributed by atoms with van der Waals surface area (Å²) in [6.07, 6.45) is 4.08. The number of halogens is 1. The number of hydrogen-bond acceptors (Lipinski definition) is 2. The van der Waals surface area contributed by atoms with Crippen molar-refractivity contribution in [1.82, 2.24) is 14.5 Å². The molecular weight excluding hydrogens is 258 g/mol. The summed E-state index contributed by atoms with van der Waals surface area (Å²) < 4.78 is 1.94. The van der Waals surface area contributed by atoms with Crippen molar-refractivity contribution in [3.05, 3.63) is 52.6 Å². The summed E-state index contributed by atoms with van der Waals surface area (Å²) in [6, 6.07) is 9.23. The second kappa shape index (κ2) is 4.99. The molecule has 0 N–H and O–H groups in total. The first-order valence-electron chi connectivity index (χ1n) is 6.61. The molecule has 1 heterocycles. The molecule has 4 heteroatoms. The van der Waals surface area contributed by atoms with E-state index in [1.165, 1.54) is 24.0 Å². The molecule has 1 atom stereocenters. The number of imidazole rings is 1. The van der Waals surface area contributed by atoms with Gasteiger partial charge in [-0.2, -0.15) is 0 Å². The summed E-state index contributed by atoms with van der Waals surface area (Å²) in [5, 5.41) is 0.690. The quantitative estimate of drug-likeness (QED) is 0.858. The van der Waals surface area contributed by atoms with Gasteiger partial charge in [0.15, 0.2) is 0 Å². The van der Waals surface area contributed by atoms with Crippen LogP contribution in [0.2, 0.25) is 5.15 Å². The Morgan fingerprint density at radius 2 is 2.21 bits per heavy atom. The number of fused-ring (bicyclic) bond motifs is 1. The summed E-state index contributed by atoms with van der Waals surface area (Å²) in [6.45, 7) is 0.822. The van der Waals surface area contributed by atoms with Gasteiger partial charge in [-0.3, -0.25) is 4.90 Å². The molecule has 1 aliphatic rings. The third kappa shape index (κ3) is 2.28. The van der Waals surface area contributed by atoms with Gasteiger partial charge >= 0.3 is 0 Å². The Kier molecular flexibility index (Phi) is 3.33. The van der Waals surface area contributed by atoms with Gasteiger partial charge in [-0.1, -0.05) is 35.9 Å². The van der Waals surface area contributed by atoms with Crippen molar-refractivity contribution in [2.45, 2.75) is 25.4 Å². The van der Waals surface area contributed by atoms with Crippen molar-refractivity contribution < 1.29 is 0 Å². The van der Waals surface area contributed by atoms with Crippen LogP contribution >= 0.6 is 11.6 Å². The van der Waals surface area contributed by atoms with Crippen molar-refractivity contribution in [2.24, 2.45) is 7.05 Å². The second-order valence-electron chi connectivity index (χ2n) is 5.22. The summed E-state index contributed by atoms with van der Waals surface area (Å²) in [4.78, 5) is 6.74. The monoisotopic (exact) mass is 275 g/mol. The van der Waals surface area contributed by atoms with E-state index in [2.05, 4.69) is 41.2 Å². The molecule has 1 unspecified atom stereocenters. The Morgan fingerprint density at radius 3 is 2.95 bits per heavy atom. The van der Waals surface area contributed by atoms with Crippen LogP contribution in [-0.2, 0) is 20.0 Å². The first kappa shape index (κ1) is 12.7. The highest BCUT2D eigenvalue weighted by molar-refractivity contribution is 6.29. The van der Waals surface area contributed by atoms with Crippen molar-refractivity contribution in [3.8, 4) is 0 Å². The minimum absolute atomic E-state index is 0.492. The number of nitrogens with zero attached hydrogens (tertiary/aromatic N) is 3. The smallest absolute Gasteiger partial charge is 0.128 e. The molecule has 0 radical (unpaired) electrons. The molecule has 3 rings (SSSR count). The van der Waals surface area contributed by atoms with E-state index in [0.717, 1.165) is 12.4 Å². The number of aromatic nitrogens is 2. The summed E-state index contributed by atoms with van der Waals surface area (Å²) in [5.74, 6) is 1.01. The zero-order valence-corrected chi connectivity index (χ0v) is 12.1. The Labute approximate surface area is 118 Å². The highest BCUT2D eigenvalue weighted by Crippen LogP contribution is 2.35. The van der Waals surface area contributed by atoms with Gasteiger partial charge in [0.05, 0.1) is 12.7 Å². The molecule has 0 saturated heterocycles. The predicted molar refractivity (Wildman–Crippen MR) is 77.2 cm³/mol. The van der Waals surface area contributed by atoms with E-state index in [1.807, 2.05) is 11.6 Å². The fraction of sp³-hybridized carbons (Fsp3) is 0.400. The van der Waals surface area contributed by atoms with Crippen molar-refractivity contribution in [3.63, 3.8) is 0 Å². The third-order valence-corrected chi connectivity index (χ3v) is 4.40. The first-order chi connectivity index (χ1) is 9.16. The molecular formula is C15H18ClN3. The SMILES string of the molecule is CN(Cc1ncc(Cl)n1C)C1CCc2ccccc21. The van der Waals surface area contributed by atoms with Gasteiger partial charge in [0.1, 0.15) is 11.0 Å². The Hall–Kier alpha value is -1.32. The maximum atomic E-state index is 6.04. The molecule has 0 amide bonds. The van der Waals surface area contributed by atoms with Crippen LogP contribution < -0.4 is 0 Å². The van der Waals surface area contributed by atoms with Gasteiger partial charge < -0.3 is 4.57 Å². The van der Waals surface area contributed by atoms with Crippen LogP contribution in [-0.4, -0.2) is 21.5 Å². The average Bonchev–Trinajstić information content (AvgIpc) is 2.97. The predicted octanol–water partition coefficient (Wildman–Crippen LogP) is 3.19. The minimum Gasteiger partial charge on any atom is -0.321 e. The third-order valence-electron chi connectivity index (χ3n) is 4.05. The second-order valence-corrected chi connectivity index (χ2v) is 5.61. The van der Waals surface area contributed by atoms with E-state index in [4.69, 9.17) is 11.6 Å². The van der Waals surface area contributed by atoms with E-state index in [9.17, 15) is 0 Å². The van der Waals surface area contributed by atoms with E-state index in [0.29, 0.717) is 11.2 Å². The van der Waals surface area contributed by atoms with Crippen LogP contribution in [0.4, 0.5) is 0 Å². The lowest BCUT2D eigenvalue weighted by molar-refractivity contribution is 0.228. The lowest BCUT2D eigenvalue weighted by Gasteiger charge is -2.24. The summed E-state index contributed by atoms with van der Waals surface area (Å²) in [7, 11) is 4.12. The Bertz CT molecular complexity index is 591. The largest absolute Gasteiger partial charge is 0.321 e. The van der Waals surface area contributed by atoms with Crippen molar-refractivity contribution in [1.29, 1.82) is 0 Å². The number of aryl methyl sites for hydroxylation is 1. The lowest BCUT2D eigenvalue weighted by atomic mass is 10.1. The first-order valence-corrected chi connectivity index (χ1v) is 6.98. The van der Waals surface area contributed by atoms with Crippen molar-refractivity contribution >= 4 is 11.6 Å². The van der Waals surface area contributed by atoms with Gasteiger partial charge in [-0.15, -0.1) is 0 Å². The maximum Gasteiger partial charge on any atom is 0.128 e. The molecule has 0 saturated carbocycles. The topological polar surface area (TPSA) is 21.1 Å². The number of hydrogen-bond donors (Lipinski definition) is 0. The van der Waals surface area contributed by atoms with Crippen LogP contribution in [0.15, 0.2) is 30.5 Å². The zero-order valence-electron chi connectivity index (χ0n) is 11.3. The van der Waals surface area contributed by atoms with Crippen LogP contribution in [0.5, 0.6) is 0 Å². The Balaban J connectivity index is 1.79. The summed E-state index contributed by atoms with van der Waals surface area (Å²) in [5.41, 5.74) is 2.95. The summed E-state index contributed by atoms with van der Waals surface area (Å²) >= 11 is 6.04. The van der Waals surface area contributed by atoms with Gasteiger partial charge in [-0.05, 0) is 31.0 Å². The molecule has 0 fully saturated rings. The molecule has 0 spiro atoms. The molecule has 1 aromatic carbocycles. The zero-order chi connectivity index (χ0) is 13.4. The normalized spacial score (nSPS) is 18.0. The van der Waals surface area contributed by atoms with E-state index in [1.54, 1.807) is 6.20 Å². The fourth-order valence-electron chi connectivity index (χ4n) is 2.90. The average molecular weight is 276 g/mol. The number of benzene rings is 1. The van der Waals surface area contributed by atoms with Gasteiger partial charge in [0.2, 0.25) is 0 Å². The highest BCUT2D eigenvalue weighted by Gasteiger charge is 2.26. The molecule has 1 aromatic heterocycles. The minimum atomic E-state index is 0.492. The highest BCUT2D eigenvalue weighted by atomic mass is 35.5. The lowest BCUT2D eigenvalue weighted by Crippen LogP contribution is -2.24. The fourth-order valence-corrected chi connectivity index (χ4v) is 3.04. The molecule has 0 bridgehead atoms. The van der Waals surface area contributed by atoms with Crippen LogP contribution in [0.1, 0.15) is 29.4 Å². The van der Waals surface area contributed by atoms with Crippen LogP contribution in [0, 0.1) is 0 Å². The molecule has 19 heavy (non-hydrogen) atoms. The molecule has 3 nitrogen and oxygen atoms in total. The van der Waals surface area contributed by atoms with Gasteiger partial charge in [-0.25, -0.2) is 4.98 Å². The molecule has 1 aliphatic carbocycles. The molecule has 2 aromatic rings. The van der Waals surface area contributed by atoms with Gasteiger partial charge in [0.25, 0.3) is 0 Å². The van der Waals surface area contributed by atoms with Crippen molar-refractivity contribution in [2.75, 3.05) is 7.05 Å².